The Balaban J connectivity index is 1.24. The van der Waals surface area contributed by atoms with Crippen molar-refractivity contribution in [2.45, 2.75) is 57.4 Å². The Kier molecular flexibility index (Phi) is 7.13. The molecule has 0 bridgehead atoms. The van der Waals surface area contributed by atoms with Gasteiger partial charge >= 0.3 is 6.03 Å². The highest BCUT2D eigenvalue weighted by molar-refractivity contribution is 6.07. The number of nitrogens with zero attached hydrogens (tertiary/aromatic N) is 3. The van der Waals surface area contributed by atoms with Crippen molar-refractivity contribution in [3.8, 4) is 0 Å². The Labute approximate surface area is 191 Å². The molecule has 1 aromatic carbocycles. The third-order valence-corrected chi connectivity index (χ3v) is 7.37. The van der Waals surface area contributed by atoms with Gasteiger partial charge in [-0.15, -0.1) is 0 Å². The van der Waals surface area contributed by atoms with E-state index in [2.05, 4.69) is 29.3 Å². The van der Waals surface area contributed by atoms with E-state index in [1.165, 1.54) is 10.5 Å². The second kappa shape index (κ2) is 10.0. The van der Waals surface area contributed by atoms with E-state index < -0.39 is 5.54 Å². The second-order valence-corrected chi connectivity index (χ2v) is 9.58. The molecule has 0 atom stereocenters. The Hall–Kier alpha value is -2.41. The summed E-state index contributed by atoms with van der Waals surface area (Å²) in [4.78, 5) is 44.2. The maximum atomic E-state index is 13.2. The van der Waals surface area contributed by atoms with Crippen molar-refractivity contribution < 1.29 is 14.4 Å². The van der Waals surface area contributed by atoms with Gasteiger partial charge in [-0.05, 0) is 56.6 Å². The summed E-state index contributed by atoms with van der Waals surface area (Å²) in [7, 11) is 0. The third kappa shape index (κ3) is 4.98. The van der Waals surface area contributed by atoms with E-state index >= 15 is 0 Å². The van der Waals surface area contributed by atoms with Gasteiger partial charge in [0.05, 0.1) is 0 Å². The van der Waals surface area contributed by atoms with Crippen molar-refractivity contribution in [2.24, 2.45) is 5.92 Å². The third-order valence-electron chi connectivity index (χ3n) is 7.37. The summed E-state index contributed by atoms with van der Waals surface area (Å²) in [6.45, 7) is 6.81. The topological polar surface area (TPSA) is 73.0 Å². The molecule has 0 unspecified atom stereocenters. The zero-order valence-corrected chi connectivity index (χ0v) is 19.2. The summed E-state index contributed by atoms with van der Waals surface area (Å²) in [5.41, 5.74) is 0.485. The zero-order valence-electron chi connectivity index (χ0n) is 19.2. The fourth-order valence-corrected chi connectivity index (χ4v) is 5.33. The van der Waals surface area contributed by atoms with Crippen LogP contribution in [0.25, 0.3) is 0 Å². The Bertz CT molecular complexity index is 812. The number of piperidine rings is 2. The molecule has 32 heavy (non-hydrogen) atoms. The fraction of sp³-hybridized carbons (Fsp3) is 0.640. The maximum absolute atomic E-state index is 13.2. The number of hydrogen-bond acceptors (Lipinski definition) is 4. The number of urea groups is 1. The van der Waals surface area contributed by atoms with Gasteiger partial charge in [0, 0.05) is 39.1 Å². The highest BCUT2D eigenvalue weighted by Gasteiger charge is 2.52. The van der Waals surface area contributed by atoms with Gasteiger partial charge < -0.3 is 15.1 Å². The van der Waals surface area contributed by atoms with Gasteiger partial charge in [0.25, 0.3) is 5.91 Å². The number of nitrogens with one attached hydrogen (secondary N) is 1. The number of amides is 4. The predicted molar refractivity (Wildman–Crippen MR) is 123 cm³/mol. The van der Waals surface area contributed by atoms with Crippen LogP contribution >= 0.6 is 0 Å². The molecule has 0 radical (unpaired) electrons. The Morgan fingerprint density at radius 1 is 1.06 bits per heavy atom. The predicted octanol–water partition coefficient (Wildman–Crippen LogP) is 2.65. The first-order valence-electron chi connectivity index (χ1n) is 12.2. The number of likely N-dealkylation sites (tertiary alicyclic amines) is 2. The molecule has 3 fully saturated rings. The van der Waals surface area contributed by atoms with Gasteiger partial charge in [0.1, 0.15) is 5.54 Å². The standard InChI is InChI=1S/C25H36N4O3/c1-2-14-27-17-12-25(13-18-27)23(31)29(24(32)26-25)19-21-10-15-28(16-11-21)22(30)9-8-20-6-4-3-5-7-20/h3-7,21H,2,8-19H2,1H3,(H,26,32). The Morgan fingerprint density at radius 3 is 2.41 bits per heavy atom. The Morgan fingerprint density at radius 2 is 1.75 bits per heavy atom. The lowest BCUT2D eigenvalue weighted by molar-refractivity contribution is -0.135. The number of carbonyl (C=O) groups excluding carboxylic acids is 3. The van der Waals surface area contributed by atoms with Gasteiger partial charge in [-0.1, -0.05) is 37.3 Å². The number of benzene rings is 1. The fourth-order valence-electron chi connectivity index (χ4n) is 5.33. The molecule has 7 nitrogen and oxygen atoms in total. The van der Waals surface area contributed by atoms with Crippen LogP contribution in [0.2, 0.25) is 0 Å². The van der Waals surface area contributed by atoms with E-state index in [0.717, 1.165) is 45.3 Å². The van der Waals surface area contributed by atoms with E-state index in [9.17, 15) is 14.4 Å². The van der Waals surface area contributed by atoms with Crippen molar-refractivity contribution in [1.82, 2.24) is 20.0 Å². The molecule has 0 saturated carbocycles. The molecule has 3 aliphatic heterocycles. The van der Waals surface area contributed by atoms with E-state index in [4.69, 9.17) is 0 Å². The first-order valence-corrected chi connectivity index (χ1v) is 12.2. The molecule has 4 rings (SSSR count). The SMILES string of the molecule is CCCN1CCC2(CC1)NC(=O)N(CC1CCN(C(=O)CCc3ccccc3)CC1)C2=O. The van der Waals surface area contributed by atoms with Crippen LogP contribution in [0.4, 0.5) is 4.79 Å². The van der Waals surface area contributed by atoms with Crippen molar-refractivity contribution in [3.63, 3.8) is 0 Å². The number of imide groups is 1. The summed E-state index contributed by atoms with van der Waals surface area (Å²) >= 11 is 0. The van der Waals surface area contributed by atoms with E-state index in [1.807, 2.05) is 23.1 Å². The van der Waals surface area contributed by atoms with Crippen LogP contribution in [0.1, 0.15) is 51.0 Å². The summed E-state index contributed by atoms with van der Waals surface area (Å²) in [6.07, 6.45) is 5.47. The molecule has 7 heteroatoms. The van der Waals surface area contributed by atoms with Crippen LogP contribution in [0, 0.1) is 5.92 Å². The maximum Gasteiger partial charge on any atom is 0.325 e. The molecule has 1 N–H and O–H groups in total. The number of aryl methyl sites for hydroxylation is 1. The average Bonchev–Trinajstić information content (AvgIpc) is 3.04. The lowest BCUT2D eigenvalue weighted by Crippen LogP contribution is -2.55. The molecule has 1 aromatic rings. The molecule has 0 aromatic heterocycles. The highest BCUT2D eigenvalue weighted by atomic mass is 16.2. The molecule has 3 aliphatic rings. The summed E-state index contributed by atoms with van der Waals surface area (Å²) in [5, 5.41) is 3.03. The van der Waals surface area contributed by atoms with E-state index in [-0.39, 0.29) is 23.8 Å². The average molecular weight is 441 g/mol. The van der Waals surface area contributed by atoms with Crippen molar-refractivity contribution in [3.05, 3.63) is 35.9 Å². The van der Waals surface area contributed by atoms with Crippen LogP contribution in [-0.4, -0.2) is 77.4 Å². The van der Waals surface area contributed by atoms with E-state index in [1.54, 1.807) is 0 Å². The molecular formula is C25H36N4O3. The van der Waals surface area contributed by atoms with Crippen molar-refractivity contribution in [2.75, 3.05) is 39.3 Å². The second-order valence-electron chi connectivity index (χ2n) is 9.58. The van der Waals surface area contributed by atoms with Gasteiger partial charge in [0.2, 0.25) is 5.91 Å². The number of carbonyl (C=O) groups is 3. The van der Waals surface area contributed by atoms with Gasteiger partial charge in [-0.2, -0.15) is 0 Å². The largest absolute Gasteiger partial charge is 0.343 e. The molecule has 1 spiro atoms. The lowest BCUT2D eigenvalue weighted by atomic mass is 9.87. The van der Waals surface area contributed by atoms with Crippen LogP contribution < -0.4 is 5.32 Å². The number of rotatable bonds is 7. The van der Waals surface area contributed by atoms with Crippen molar-refractivity contribution in [1.29, 1.82) is 0 Å². The minimum absolute atomic E-state index is 0.0417. The van der Waals surface area contributed by atoms with Crippen LogP contribution in [0.3, 0.4) is 0 Å². The van der Waals surface area contributed by atoms with Crippen molar-refractivity contribution >= 4 is 17.8 Å². The van der Waals surface area contributed by atoms with Gasteiger partial charge in [-0.3, -0.25) is 14.5 Å². The molecule has 174 valence electrons. The van der Waals surface area contributed by atoms with E-state index in [0.29, 0.717) is 38.9 Å². The quantitative estimate of drug-likeness (QED) is 0.662. The lowest BCUT2D eigenvalue weighted by Gasteiger charge is -2.37. The summed E-state index contributed by atoms with van der Waals surface area (Å²) in [5.74, 6) is 0.415. The normalized spacial score (nSPS) is 21.9. The molecular weight excluding hydrogens is 404 g/mol. The summed E-state index contributed by atoms with van der Waals surface area (Å²) < 4.78 is 0. The first kappa shape index (κ1) is 22.8. The molecule has 3 heterocycles. The van der Waals surface area contributed by atoms with Crippen LogP contribution in [-0.2, 0) is 16.0 Å². The highest BCUT2D eigenvalue weighted by Crippen LogP contribution is 2.31. The zero-order chi connectivity index (χ0) is 22.6. The molecule has 0 aliphatic carbocycles. The molecule has 4 amide bonds. The smallest absolute Gasteiger partial charge is 0.325 e. The minimum Gasteiger partial charge on any atom is -0.343 e. The first-order chi connectivity index (χ1) is 15.5. The van der Waals surface area contributed by atoms with Gasteiger partial charge in [0.15, 0.2) is 0 Å². The monoisotopic (exact) mass is 440 g/mol. The summed E-state index contributed by atoms with van der Waals surface area (Å²) in [6, 6.07) is 9.86. The van der Waals surface area contributed by atoms with Gasteiger partial charge in [-0.25, -0.2) is 4.79 Å². The molecule has 3 saturated heterocycles. The van der Waals surface area contributed by atoms with Crippen LogP contribution in [0.5, 0.6) is 0 Å². The van der Waals surface area contributed by atoms with Crippen LogP contribution in [0.15, 0.2) is 30.3 Å². The number of hydrogen-bond donors (Lipinski definition) is 1. The minimum atomic E-state index is -0.699.